The Bertz CT molecular complexity index is 287. The molecule has 5 heteroatoms. The molecule has 1 amide bonds. The minimum Gasteiger partial charge on any atom is -0.496 e. The van der Waals surface area contributed by atoms with Gasteiger partial charge in [-0.1, -0.05) is 22.6 Å². The molecule has 0 aromatic carbocycles. The number of rotatable bonds is 4. The Morgan fingerprint density at radius 2 is 2.54 bits per heavy atom. The highest BCUT2D eigenvalue weighted by Gasteiger charge is 2.07. The second kappa shape index (κ2) is 5.43. The summed E-state index contributed by atoms with van der Waals surface area (Å²) >= 11 is 3.61. The number of thiophene rings is 1. The SMILES string of the molecule is COc1csc(C(=O)NCCI)c1. The Labute approximate surface area is 94.6 Å². The molecule has 0 bridgehead atoms. The zero-order valence-electron chi connectivity index (χ0n) is 7.17. The molecule has 0 saturated carbocycles. The van der Waals surface area contributed by atoms with Gasteiger partial charge in [-0.2, -0.15) is 0 Å². The van der Waals surface area contributed by atoms with Crippen LogP contribution in [0.2, 0.25) is 0 Å². The fourth-order valence-electron chi connectivity index (χ4n) is 0.793. The molecule has 0 fully saturated rings. The summed E-state index contributed by atoms with van der Waals surface area (Å²) in [6.45, 7) is 0.708. The van der Waals surface area contributed by atoms with Crippen molar-refractivity contribution in [3.8, 4) is 5.75 Å². The molecule has 0 aliphatic carbocycles. The van der Waals surface area contributed by atoms with Gasteiger partial charge < -0.3 is 10.1 Å². The minimum atomic E-state index is -0.0232. The molecule has 13 heavy (non-hydrogen) atoms. The van der Waals surface area contributed by atoms with Crippen molar-refractivity contribution < 1.29 is 9.53 Å². The molecule has 0 aliphatic rings. The van der Waals surface area contributed by atoms with Crippen LogP contribution >= 0.6 is 33.9 Å². The Morgan fingerprint density at radius 1 is 1.77 bits per heavy atom. The van der Waals surface area contributed by atoms with Gasteiger partial charge in [-0.25, -0.2) is 0 Å². The summed E-state index contributed by atoms with van der Waals surface area (Å²) < 4.78 is 5.90. The third-order valence-electron chi connectivity index (χ3n) is 1.41. The van der Waals surface area contributed by atoms with Crippen molar-refractivity contribution in [3.05, 3.63) is 16.3 Å². The third kappa shape index (κ3) is 3.15. The van der Waals surface area contributed by atoms with Gasteiger partial charge in [0.25, 0.3) is 5.91 Å². The Hall–Kier alpha value is -0.300. The lowest BCUT2D eigenvalue weighted by molar-refractivity contribution is 0.0960. The van der Waals surface area contributed by atoms with E-state index in [1.54, 1.807) is 13.2 Å². The van der Waals surface area contributed by atoms with Gasteiger partial charge >= 0.3 is 0 Å². The van der Waals surface area contributed by atoms with Crippen molar-refractivity contribution in [2.75, 3.05) is 18.1 Å². The van der Waals surface area contributed by atoms with Crippen molar-refractivity contribution in [1.82, 2.24) is 5.32 Å². The summed E-state index contributed by atoms with van der Waals surface area (Å²) in [7, 11) is 1.59. The van der Waals surface area contributed by atoms with Crippen LogP contribution in [0.15, 0.2) is 11.4 Å². The standard InChI is InChI=1S/C8H10INO2S/c1-12-6-4-7(13-5-6)8(11)10-3-2-9/h4-5H,2-3H2,1H3,(H,10,11). The Balaban J connectivity index is 2.55. The first-order chi connectivity index (χ1) is 6.27. The van der Waals surface area contributed by atoms with Crippen molar-refractivity contribution in [2.24, 2.45) is 0 Å². The van der Waals surface area contributed by atoms with Gasteiger partial charge in [-0.15, -0.1) is 11.3 Å². The van der Waals surface area contributed by atoms with Crippen molar-refractivity contribution in [1.29, 1.82) is 0 Å². The largest absolute Gasteiger partial charge is 0.496 e. The predicted octanol–water partition coefficient (Wildman–Crippen LogP) is 1.92. The Morgan fingerprint density at radius 3 is 3.08 bits per heavy atom. The van der Waals surface area contributed by atoms with E-state index >= 15 is 0 Å². The van der Waals surface area contributed by atoms with Crippen LogP contribution in [0.1, 0.15) is 9.67 Å². The lowest BCUT2D eigenvalue weighted by atomic mass is 10.4. The van der Waals surface area contributed by atoms with Gasteiger partial charge in [0, 0.05) is 22.4 Å². The fourth-order valence-corrected chi connectivity index (χ4v) is 1.83. The first kappa shape index (κ1) is 10.8. The van der Waals surface area contributed by atoms with Crippen LogP contribution in [0.3, 0.4) is 0 Å². The lowest BCUT2D eigenvalue weighted by Gasteiger charge is -1.98. The highest BCUT2D eigenvalue weighted by molar-refractivity contribution is 14.1. The number of hydrogen-bond acceptors (Lipinski definition) is 3. The number of hydrogen-bond donors (Lipinski definition) is 1. The summed E-state index contributed by atoms with van der Waals surface area (Å²) in [5.74, 6) is 0.717. The normalized spacial score (nSPS) is 9.69. The zero-order valence-corrected chi connectivity index (χ0v) is 10.1. The van der Waals surface area contributed by atoms with Crippen LogP contribution in [0.4, 0.5) is 0 Å². The molecule has 0 spiro atoms. The van der Waals surface area contributed by atoms with E-state index in [2.05, 4.69) is 27.9 Å². The summed E-state index contributed by atoms with van der Waals surface area (Å²) in [6.07, 6.45) is 0. The number of nitrogens with one attached hydrogen (secondary N) is 1. The maximum Gasteiger partial charge on any atom is 0.261 e. The number of amides is 1. The minimum absolute atomic E-state index is 0.0232. The van der Waals surface area contributed by atoms with Gasteiger partial charge in [-0.05, 0) is 0 Å². The molecule has 0 atom stereocenters. The van der Waals surface area contributed by atoms with Gasteiger partial charge in [0.05, 0.1) is 12.0 Å². The zero-order chi connectivity index (χ0) is 9.68. The highest BCUT2D eigenvalue weighted by atomic mass is 127. The number of ether oxygens (including phenoxy) is 1. The first-order valence-corrected chi connectivity index (χ1v) is 6.15. The smallest absolute Gasteiger partial charge is 0.261 e. The maximum absolute atomic E-state index is 11.4. The molecule has 1 aromatic heterocycles. The molecule has 0 saturated heterocycles. The summed E-state index contributed by atoms with van der Waals surface area (Å²) in [5.41, 5.74) is 0. The molecule has 0 aliphatic heterocycles. The summed E-state index contributed by atoms with van der Waals surface area (Å²) in [5, 5.41) is 4.61. The third-order valence-corrected chi connectivity index (χ3v) is 2.86. The molecular formula is C8H10INO2S. The number of methoxy groups -OCH3 is 1. The Kier molecular flexibility index (Phi) is 4.51. The van der Waals surface area contributed by atoms with Gasteiger partial charge in [0.2, 0.25) is 0 Å². The van der Waals surface area contributed by atoms with Crippen LogP contribution in [0.5, 0.6) is 5.75 Å². The van der Waals surface area contributed by atoms with Crippen LogP contribution in [-0.4, -0.2) is 24.0 Å². The van der Waals surface area contributed by atoms with E-state index in [1.807, 2.05) is 5.38 Å². The maximum atomic E-state index is 11.4. The predicted molar refractivity (Wildman–Crippen MR) is 62.1 cm³/mol. The first-order valence-electron chi connectivity index (χ1n) is 3.74. The topological polar surface area (TPSA) is 38.3 Å². The molecular weight excluding hydrogens is 301 g/mol. The second-order valence-corrected chi connectivity index (χ2v) is 4.29. The molecule has 0 radical (unpaired) electrons. The van der Waals surface area contributed by atoms with Crippen molar-refractivity contribution in [3.63, 3.8) is 0 Å². The monoisotopic (exact) mass is 311 g/mol. The average Bonchev–Trinajstić information content (AvgIpc) is 2.62. The van der Waals surface area contributed by atoms with Crippen LogP contribution in [0, 0.1) is 0 Å². The van der Waals surface area contributed by atoms with Crippen LogP contribution in [0.25, 0.3) is 0 Å². The van der Waals surface area contributed by atoms with E-state index in [1.165, 1.54) is 11.3 Å². The van der Waals surface area contributed by atoms with E-state index in [0.29, 0.717) is 11.4 Å². The molecule has 3 nitrogen and oxygen atoms in total. The van der Waals surface area contributed by atoms with Crippen molar-refractivity contribution in [2.45, 2.75) is 0 Å². The van der Waals surface area contributed by atoms with Crippen LogP contribution < -0.4 is 10.1 Å². The van der Waals surface area contributed by atoms with E-state index in [9.17, 15) is 4.79 Å². The van der Waals surface area contributed by atoms with E-state index in [0.717, 1.165) is 10.2 Å². The lowest BCUT2D eigenvalue weighted by Crippen LogP contribution is -2.24. The van der Waals surface area contributed by atoms with E-state index in [4.69, 9.17) is 4.74 Å². The number of halogens is 1. The molecule has 1 aromatic rings. The van der Waals surface area contributed by atoms with Crippen molar-refractivity contribution >= 4 is 39.8 Å². The van der Waals surface area contributed by atoms with Gasteiger partial charge in [0.15, 0.2) is 0 Å². The van der Waals surface area contributed by atoms with Gasteiger partial charge in [-0.3, -0.25) is 4.79 Å². The molecule has 1 rings (SSSR count). The van der Waals surface area contributed by atoms with Gasteiger partial charge in [0.1, 0.15) is 5.75 Å². The van der Waals surface area contributed by atoms with E-state index < -0.39 is 0 Å². The molecule has 1 heterocycles. The molecule has 0 unspecified atom stereocenters. The molecule has 1 N–H and O–H groups in total. The fraction of sp³-hybridized carbons (Fsp3) is 0.375. The average molecular weight is 311 g/mol. The number of carbonyl (C=O) groups excluding carboxylic acids is 1. The second-order valence-electron chi connectivity index (χ2n) is 2.30. The number of alkyl halides is 1. The van der Waals surface area contributed by atoms with E-state index in [-0.39, 0.29) is 5.91 Å². The summed E-state index contributed by atoms with van der Waals surface area (Å²) in [4.78, 5) is 12.1. The quantitative estimate of drug-likeness (QED) is 0.681. The number of carbonyl (C=O) groups is 1. The summed E-state index contributed by atoms with van der Waals surface area (Å²) in [6, 6.07) is 1.74. The van der Waals surface area contributed by atoms with Crippen LogP contribution in [-0.2, 0) is 0 Å². The highest BCUT2D eigenvalue weighted by Crippen LogP contribution is 2.20. The molecule has 72 valence electrons.